The van der Waals surface area contributed by atoms with Crippen LogP contribution in [0, 0.1) is 16.0 Å². The number of anilines is 1. The molecule has 28 heavy (non-hydrogen) atoms. The molecule has 0 unspecified atom stereocenters. The predicted octanol–water partition coefficient (Wildman–Crippen LogP) is 2.43. The van der Waals surface area contributed by atoms with Crippen LogP contribution >= 0.6 is 11.8 Å². The van der Waals surface area contributed by atoms with E-state index in [0.717, 1.165) is 25.7 Å². The number of rotatable bonds is 7. The number of non-ortho nitro benzene ring substituents is 1. The Balaban J connectivity index is 1.70. The Labute approximate surface area is 168 Å². The van der Waals surface area contributed by atoms with Gasteiger partial charge >= 0.3 is 0 Å². The van der Waals surface area contributed by atoms with Crippen LogP contribution in [0.5, 0.6) is 0 Å². The molecule has 1 saturated carbocycles. The van der Waals surface area contributed by atoms with Crippen molar-refractivity contribution in [2.75, 3.05) is 36.9 Å². The maximum Gasteiger partial charge on any atom is 0.270 e. The molecule has 0 spiro atoms. The third kappa shape index (κ3) is 4.82. The number of carbonyl (C=O) groups excluding carboxylic acids is 2. The van der Waals surface area contributed by atoms with Crippen LogP contribution in [0.25, 0.3) is 0 Å². The zero-order chi connectivity index (χ0) is 20.1. The number of nitrogens with zero attached hydrogens (tertiary/aromatic N) is 3. The number of carbonyl (C=O) groups is 2. The third-order valence-corrected chi connectivity index (χ3v) is 6.33. The molecule has 1 heterocycles. The van der Waals surface area contributed by atoms with Gasteiger partial charge in [-0.05, 0) is 24.8 Å². The second-order valence-corrected chi connectivity index (χ2v) is 8.33. The lowest BCUT2D eigenvalue weighted by Crippen LogP contribution is -2.46. The first-order valence-electron chi connectivity index (χ1n) is 9.60. The summed E-state index contributed by atoms with van der Waals surface area (Å²) in [5.41, 5.74) is 0.633. The number of thioether (sulfide) groups is 1. The first-order chi connectivity index (χ1) is 13.5. The van der Waals surface area contributed by atoms with Crippen molar-refractivity contribution in [2.24, 2.45) is 5.92 Å². The van der Waals surface area contributed by atoms with Crippen molar-refractivity contribution in [1.29, 1.82) is 0 Å². The molecule has 0 aromatic heterocycles. The summed E-state index contributed by atoms with van der Waals surface area (Å²) in [6.45, 7) is 0.334. The maximum absolute atomic E-state index is 12.9. The Morgan fingerprint density at radius 3 is 2.75 bits per heavy atom. The quantitative estimate of drug-likeness (QED) is 0.550. The first-order valence-corrected chi connectivity index (χ1v) is 10.6. The molecule has 0 saturated heterocycles. The van der Waals surface area contributed by atoms with E-state index < -0.39 is 4.92 Å². The molecule has 1 aliphatic heterocycles. The molecule has 0 atom stereocenters. The van der Waals surface area contributed by atoms with Crippen LogP contribution in [0.4, 0.5) is 11.4 Å². The van der Waals surface area contributed by atoms with Crippen molar-refractivity contribution < 1.29 is 19.6 Å². The second-order valence-electron chi connectivity index (χ2n) is 7.20. The molecule has 152 valence electrons. The monoisotopic (exact) mass is 407 g/mol. The van der Waals surface area contributed by atoms with E-state index in [-0.39, 0.29) is 37.2 Å². The molecule has 2 amide bonds. The maximum atomic E-state index is 12.9. The Hall–Kier alpha value is -2.13. The summed E-state index contributed by atoms with van der Waals surface area (Å²) in [7, 11) is 0. The van der Waals surface area contributed by atoms with Crippen LogP contribution in [0.15, 0.2) is 23.1 Å². The predicted molar refractivity (Wildman–Crippen MR) is 106 cm³/mol. The molecule has 8 nitrogen and oxygen atoms in total. The van der Waals surface area contributed by atoms with E-state index in [9.17, 15) is 24.8 Å². The molecular weight excluding hydrogens is 382 g/mol. The Morgan fingerprint density at radius 2 is 2.07 bits per heavy atom. The number of nitro benzene ring substituents is 1. The molecule has 1 aliphatic carbocycles. The molecule has 0 bridgehead atoms. The van der Waals surface area contributed by atoms with E-state index in [2.05, 4.69) is 0 Å². The minimum atomic E-state index is -0.452. The molecule has 1 aromatic carbocycles. The summed E-state index contributed by atoms with van der Waals surface area (Å²) < 4.78 is 0. The number of aliphatic hydroxyl groups is 1. The SMILES string of the molecule is O=C(CC1CCCC1)N(CCO)CC(=O)N1CCSc2cc([N+](=O)[O-])ccc21. The van der Waals surface area contributed by atoms with Crippen molar-refractivity contribution in [1.82, 2.24) is 4.90 Å². The fourth-order valence-corrected chi connectivity index (χ4v) is 4.86. The Bertz CT molecular complexity index is 751. The van der Waals surface area contributed by atoms with E-state index in [1.807, 2.05) is 0 Å². The van der Waals surface area contributed by atoms with Crippen molar-refractivity contribution in [3.63, 3.8) is 0 Å². The van der Waals surface area contributed by atoms with Gasteiger partial charge in [0.1, 0.15) is 6.54 Å². The van der Waals surface area contributed by atoms with Crippen molar-refractivity contribution in [3.05, 3.63) is 28.3 Å². The second kappa shape index (κ2) is 9.38. The largest absolute Gasteiger partial charge is 0.395 e. The standard InChI is InChI=1S/C19H25N3O5S/c23-9-7-20(18(24)11-14-3-1-2-4-14)13-19(25)21-8-10-28-17-12-15(22(26)27)5-6-16(17)21/h5-6,12,14,23H,1-4,7-11,13H2. The van der Waals surface area contributed by atoms with Crippen LogP contribution in [-0.4, -0.2) is 58.7 Å². The van der Waals surface area contributed by atoms with Gasteiger partial charge in [0.2, 0.25) is 11.8 Å². The van der Waals surface area contributed by atoms with Gasteiger partial charge in [-0.2, -0.15) is 0 Å². The van der Waals surface area contributed by atoms with E-state index in [1.165, 1.54) is 28.8 Å². The van der Waals surface area contributed by atoms with Gasteiger partial charge in [-0.3, -0.25) is 19.7 Å². The molecule has 9 heteroatoms. The summed E-state index contributed by atoms with van der Waals surface area (Å²) in [5.74, 6) is 0.681. The van der Waals surface area contributed by atoms with E-state index in [0.29, 0.717) is 35.2 Å². The molecule has 1 fully saturated rings. The van der Waals surface area contributed by atoms with Crippen molar-refractivity contribution >= 4 is 35.0 Å². The van der Waals surface area contributed by atoms with Crippen LogP contribution in [0.3, 0.4) is 0 Å². The van der Waals surface area contributed by atoms with Gasteiger partial charge in [0.05, 0.1) is 17.2 Å². The lowest BCUT2D eigenvalue weighted by Gasteiger charge is -2.31. The van der Waals surface area contributed by atoms with Gasteiger partial charge in [-0.15, -0.1) is 11.8 Å². The fourth-order valence-electron chi connectivity index (χ4n) is 3.83. The minimum absolute atomic E-state index is 0.00537. The Morgan fingerprint density at radius 1 is 1.32 bits per heavy atom. The third-order valence-electron chi connectivity index (χ3n) is 5.31. The number of fused-ring (bicyclic) bond motifs is 1. The fraction of sp³-hybridized carbons (Fsp3) is 0.579. The number of nitro groups is 1. The summed E-state index contributed by atoms with van der Waals surface area (Å²) in [6.07, 6.45) is 4.80. The van der Waals surface area contributed by atoms with Crippen LogP contribution in [0.2, 0.25) is 0 Å². The highest BCUT2D eigenvalue weighted by molar-refractivity contribution is 7.99. The van der Waals surface area contributed by atoms with Gasteiger partial charge in [-0.25, -0.2) is 0 Å². The average molecular weight is 407 g/mol. The molecule has 0 radical (unpaired) electrons. The lowest BCUT2D eigenvalue weighted by atomic mass is 10.0. The molecule has 1 aromatic rings. The van der Waals surface area contributed by atoms with Gasteiger partial charge in [0, 0.05) is 42.3 Å². The minimum Gasteiger partial charge on any atom is -0.395 e. The van der Waals surface area contributed by atoms with Gasteiger partial charge in [0.25, 0.3) is 5.69 Å². The summed E-state index contributed by atoms with van der Waals surface area (Å²) in [6, 6.07) is 4.46. The number of amides is 2. The van der Waals surface area contributed by atoms with Gasteiger partial charge in [0.15, 0.2) is 0 Å². The normalized spacial score (nSPS) is 16.7. The molecule has 3 rings (SSSR count). The number of aliphatic hydroxyl groups excluding tert-OH is 1. The van der Waals surface area contributed by atoms with Crippen molar-refractivity contribution in [2.45, 2.75) is 37.0 Å². The zero-order valence-corrected chi connectivity index (χ0v) is 16.5. The Kier molecular flexibility index (Phi) is 6.90. The van der Waals surface area contributed by atoms with E-state index >= 15 is 0 Å². The highest BCUT2D eigenvalue weighted by atomic mass is 32.2. The average Bonchev–Trinajstić information content (AvgIpc) is 3.19. The van der Waals surface area contributed by atoms with Crippen LogP contribution < -0.4 is 4.90 Å². The van der Waals surface area contributed by atoms with E-state index in [1.54, 1.807) is 11.0 Å². The van der Waals surface area contributed by atoms with Gasteiger partial charge < -0.3 is 14.9 Å². The van der Waals surface area contributed by atoms with Crippen molar-refractivity contribution in [3.8, 4) is 0 Å². The highest BCUT2D eigenvalue weighted by Crippen LogP contribution is 2.37. The smallest absolute Gasteiger partial charge is 0.270 e. The van der Waals surface area contributed by atoms with Crippen LogP contribution in [-0.2, 0) is 9.59 Å². The topological polar surface area (TPSA) is 104 Å². The summed E-state index contributed by atoms with van der Waals surface area (Å²) >= 11 is 1.48. The molecule has 2 aliphatic rings. The lowest BCUT2D eigenvalue weighted by molar-refractivity contribution is -0.385. The number of hydrogen-bond acceptors (Lipinski definition) is 6. The number of benzene rings is 1. The summed E-state index contributed by atoms with van der Waals surface area (Å²) in [5, 5.41) is 20.3. The summed E-state index contributed by atoms with van der Waals surface area (Å²) in [4.78, 5) is 39.8. The molecular formula is C19H25N3O5S. The van der Waals surface area contributed by atoms with E-state index in [4.69, 9.17) is 0 Å². The number of hydrogen-bond donors (Lipinski definition) is 1. The molecule has 1 N–H and O–H groups in total. The highest BCUT2D eigenvalue weighted by Gasteiger charge is 2.28. The van der Waals surface area contributed by atoms with Crippen LogP contribution in [0.1, 0.15) is 32.1 Å². The first kappa shape index (κ1) is 20.6. The van der Waals surface area contributed by atoms with Gasteiger partial charge in [-0.1, -0.05) is 12.8 Å². The zero-order valence-electron chi connectivity index (χ0n) is 15.7.